The lowest BCUT2D eigenvalue weighted by atomic mass is 10.0. The Morgan fingerprint density at radius 2 is 0.698 bits per heavy atom. The number of hydrogen-bond donors (Lipinski definition) is 3. The maximum absolute atomic E-state index is 6.73. The van der Waals surface area contributed by atoms with E-state index >= 15 is 0 Å². The van der Waals surface area contributed by atoms with E-state index in [1.54, 1.807) is 0 Å². The summed E-state index contributed by atoms with van der Waals surface area (Å²) in [7, 11) is 0. The molecule has 8 bridgehead atoms. The minimum Gasteiger partial charge on any atom is -0.395 e. The number of nitrogens with two attached hydrogens (primary N) is 1. The fourth-order valence-electron chi connectivity index (χ4n) is 5.96. The van der Waals surface area contributed by atoms with Gasteiger partial charge in [0.25, 0.3) is 0 Å². The van der Waals surface area contributed by atoms with Crippen LogP contribution in [0, 0.1) is 0 Å². The monoisotopic (exact) mass is 553 g/mol. The van der Waals surface area contributed by atoms with E-state index < -0.39 is 0 Å². The Morgan fingerprint density at radius 3 is 1.09 bits per heavy atom. The van der Waals surface area contributed by atoms with Crippen LogP contribution in [-0.4, -0.2) is 19.9 Å². The highest BCUT2D eigenvalue weighted by molar-refractivity contribution is 5.99. The van der Waals surface area contributed by atoms with Crippen LogP contribution in [0.3, 0.4) is 0 Å². The van der Waals surface area contributed by atoms with Gasteiger partial charge in [-0.3, -0.25) is 0 Å². The molecule has 0 atom stereocenters. The van der Waals surface area contributed by atoms with Crippen LogP contribution in [0.5, 0.6) is 0 Å². The van der Waals surface area contributed by atoms with E-state index in [1.807, 2.05) is 66.8 Å². The zero-order chi connectivity index (χ0) is 28.8. The molecular weight excluding hydrogens is 526 g/mol. The summed E-state index contributed by atoms with van der Waals surface area (Å²) < 4.78 is 0. The van der Waals surface area contributed by atoms with Crippen molar-refractivity contribution in [2.75, 3.05) is 5.73 Å². The summed E-state index contributed by atoms with van der Waals surface area (Å²) in [4.78, 5) is 17.6. The van der Waals surface area contributed by atoms with Gasteiger partial charge in [-0.2, -0.15) is 0 Å². The average Bonchev–Trinajstić information content (AvgIpc) is 3.88. The van der Waals surface area contributed by atoms with Crippen LogP contribution in [0.1, 0.15) is 22.8 Å². The van der Waals surface area contributed by atoms with Gasteiger partial charge in [0, 0.05) is 38.8 Å². The highest BCUT2D eigenvalue weighted by Crippen LogP contribution is 2.36. The Bertz CT molecular complexity index is 2080. The number of nitrogens with zero attached hydrogens (tertiary/aromatic N) is 2. The molecule has 0 spiro atoms. The second-order valence-electron chi connectivity index (χ2n) is 10.6. The first-order valence-electron chi connectivity index (χ1n) is 14.3. The van der Waals surface area contributed by atoms with E-state index in [-0.39, 0.29) is 0 Å². The maximum atomic E-state index is 6.73. The first-order valence-corrected chi connectivity index (χ1v) is 14.3. The highest BCUT2D eigenvalue weighted by Gasteiger charge is 2.17. The number of fused-ring (bicyclic) bond motifs is 8. The van der Waals surface area contributed by atoms with Crippen molar-refractivity contribution < 1.29 is 0 Å². The Labute approximate surface area is 248 Å². The quantitative estimate of drug-likeness (QED) is 0.204. The summed E-state index contributed by atoms with van der Waals surface area (Å²) in [6.45, 7) is 0. The molecule has 3 aromatic carbocycles. The van der Waals surface area contributed by atoms with Gasteiger partial charge in [-0.25, -0.2) is 9.97 Å². The van der Waals surface area contributed by atoms with Gasteiger partial charge in [0.1, 0.15) is 0 Å². The SMILES string of the molecule is Nc1c2nc(c(-c3ccccc3)c3ccc([nH]3)c(-c3ccccc3)c3ccc([nH]3)c(-c3ccccc3)c3nc1C=C3)C=C2. The summed E-state index contributed by atoms with van der Waals surface area (Å²) >= 11 is 0. The van der Waals surface area contributed by atoms with Crippen LogP contribution in [0.15, 0.2) is 115 Å². The second kappa shape index (κ2) is 10.2. The molecule has 5 heteroatoms. The molecule has 2 aliphatic rings. The van der Waals surface area contributed by atoms with Crippen molar-refractivity contribution in [1.82, 2.24) is 19.9 Å². The molecule has 43 heavy (non-hydrogen) atoms. The van der Waals surface area contributed by atoms with Crippen molar-refractivity contribution in [2.45, 2.75) is 0 Å². The van der Waals surface area contributed by atoms with Crippen LogP contribution in [-0.2, 0) is 0 Å². The molecule has 0 fully saturated rings. The molecule has 6 aromatic rings. The third-order valence-electron chi connectivity index (χ3n) is 7.98. The summed E-state index contributed by atoms with van der Waals surface area (Å²) in [5.74, 6) is 0. The Kier molecular flexibility index (Phi) is 5.86. The molecule has 5 nitrogen and oxygen atoms in total. The number of nitrogen functional groups attached to an aromatic ring is 1. The lowest BCUT2D eigenvalue weighted by molar-refractivity contribution is 1.28. The maximum Gasteiger partial charge on any atom is 0.0889 e. The van der Waals surface area contributed by atoms with Crippen LogP contribution >= 0.6 is 0 Å². The summed E-state index contributed by atoms with van der Waals surface area (Å²) in [6.07, 6.45) is 8.02. The van der Waals surface area contributed by atoms with Gasteiger partial charge < -0.3 is 15.7 Å². The number of H-pyrrole nitrogens is 2. The molecule has 0 radical (unpaired) electrons. The first-order chi connectivity index (χ1) is 21.2. The Hall–Kier alpha value is -5.94. The molecule has 204 valence electrons. The average molecular weight is 554 g/mol. The summed E-state index contributed by atoms with van der Waals surface area (Å²) in [5.41, 5.74) is 20.7. The van der Waals surface area contributed by atoms with Crippen molar-refractivity contribution >= 4 is 52.1 Å². The summed E-state index contributed by atoms with van der Waals surface area (Å²) in [5, 5.41) is 0. The van der Waals surface area contributed by atoms with Gasteiger partial charge in [-0.1, -0.05) is 91.0 Å². The molecule has 0 saturated heterocycles. The van der Waals surface area contributed by atoms with Crippen LogP contribution in [0.25, 0.3) is 79.8 Å². The molecular formula is C38H27N5. The van der Waals surface area contributed by atoms with Gasteiger partial charge >= 0.3 is 0 Å². The van der Waals surface area contributed by atoms with E-state index in [4.69, 9.17) is 15.7 Å². The van der Waals surface area contributed by atoms with Gasteiger partial charge in [-0.15, -0.1) is 0 Å². The van der Waals surface area contributed by atoms with Crippen molar-refractivity contribution in [3.63, 3.8) is 0 Å². The Balaban J connectivity index is 1.56. The molecule has 0 saturated carbocycles. The lowest BCUT2D eigenvalue weighted by Gasteiger charge is -2.05. The standard InChI is InChI=1S/C38H27N5/c39-38-33-22-20-31(42-33)36(25-12-6-2-7-13-25)29-18-16-27(40-29)35(24-10-4-1-5-11-24)28-17-19-30(41-28)37(26-14-8-3-9-15-26)32-21-23-34(38)43-32/h1-23,40-41H,39H2. The Morgan fingerprint density at radius 1 is 0.372 bits per heavy atom. The predicted molar refractivity (Wildman–Crippen MR) is 180 cm³/mol. The molecule has 0 unspecified atom stereocenters. The number of anilines is 1. The number of aromatic nitrogens is 4. The largest absolute Gasteiger partial charge is 0.395 e. The fourth-order valence-corrected chi connectivity index (χ4v) is 5.96. The van der Waals surface area contributed by atoms with Crippen molar-refractivity contribution in [3.05, 3.63) is 138 Å². The highest BCUT2D eigenvalue weighted by atomic mass is 14.8. The van der Waals surface area contributed by atoms with Gasteiger partial charge in [-0.05, 0) is 65.3 Å². The third-order valence-corrected chi connectivity index (χ3v) is 7.98. The van der Waals surface area contributed by atoms with Gasteiger partial charge in [0.15, 0.2) is 0 Å². The van der Waals surface area contributed by atoms with Crippen LogP contribution < -0.4 is 5.73 Å². The zero-order valence-corrected chi connectivity index (χ0v) is 23.3. The summed E-state index contributed by atoms with van der Waals surface area (Å²) in [6, 6.07) is 39.7. The minimum absolute atomic E-state index is 0.545. The predicted octanol–water partition coefficient (Wildman–Crippen LogP) is 9.24. The minimum atomic E-state index is 0.545. The van der Waals surface area contributed by atoms with Crippen molar-refractivity contribution in [2.24, 2.45) is 0 Å². The lowest BCUT2D eigenvalue weighted by Crippen LogP contribution is -1.94. The third kappa shape index (κ3) is 4.35. The normalized spacial score (nSPS) is 12.1. The van der Waals surface area contributed by atoms with Gasteiger partial charge in [0.05, 0.1) is 28.5 Å². The zero-order valence-electron chi connectivity index (χ0n) is 23.3. The molecule has 5 heterocycles. The van der Waals surface area contributed by atoms with Crippen molar-refractivity contribution in [3.8, 4) is 33.4 Å². The van der Waals surface area contributed by atoms with Gasteiger partial charge in [0.2, 0.25) is 0 Å². The van der Waals surface area contributed by atoms with Crippen molar-refractivity contribution in [1.29, 1.82) is 0 Å². The number of rotatable bonds is 3. The molecule has 0 amide bonds. The molecule has 4 N–H and O–H groups in total. The topological polar surface area (TPSA) is 83.4 Å². The molecule has 2 aliphatic heterocycles. The number of nitrogens with one attached hydrogen (secondary N) is 2. The number of benzene rings is 3. The first kappa shape index (κ1) is 24.8. The smallest absolute Gasteiger partial charge is 0.0889 e. The molecule has 8 rings (SSSR count). The van der Waals surface area contributed by atoms with E-state index in [0.717, 1.165) is 66.8 Å². The second-order valence-corrected chi connectivity index (χ2v) is 10.6. The van der Waals surface area contributed by atoms with Crippen LogP contribution in [0.4, 0.5) is 5.69 Å². The number of hydrogen-bond acceptors (Lipinski definition) is 3. The van der Waals surface area contributed by atoms with E-state index in [1.165, 1.54) is 0 Å². The van der Waals surface area contributed by atoms with E-state index in [0.29, 0.717) is 17.1 Å². The van der Waals surface area contributed by atoms with E-state index in [2.05, 4.69) is 82.8 Å². The molecule has 3 aromatic heterocycles. The fraction of sp³-hybridized carbons (Fsp3) is 0. The number of aromatic amines is 2. The molecule has 0 aliphatic carbocycles. The van der Waals surface area contributed by atoms with E-state index in [9.17, 15) is 0 Å². The van der Waals surface area contributed by atoms with Crippen LogP contribution in [0.2, 0.25) is 0 Å².